The van der Waals surface area contributed by atoms with E-state index in [4.69, 9.17) is 5.73 Å². The van der Waals surface area contributed by atoms with E-state index in [1.807, 2.05) is 13.8 Å². The third kappa shape index (κ3) is 5.16. The maximum atomic E-state index is 12.8. The lowest BCUT2D eigenvalue weighted by atomic mass is 9.78. The predicted molar refractivity (Wildman–Crippen MR) is 76.6 cm³/mol. The van der Waals surface area contributed by atoms with Crippen LogP contribution in [0.1, 0.15) is 52.4 Å². The van der Waals surface area contributed by atoms with Crippen molar-refractivity contribution in [2.24, 2.45) is 17.6 Å². The molecule has 1 amide bonds. The van der Waals surface area contributed by atoms with Crippen molar-refractivity contribution in [3.05, 3.63) is 0 Å². The molecule has 6 heteroatoms. The molecule has 2 N–H and O–H groups in total. The van der Waals surface area contributed by atoms with E-state index in [-0.39, 0.29) is 23.8 Å². The highest BCUT2D eigenvalue weighted by molar-refractivity contribution is 5.79. The summed E-state index contributed by atoms with van der Waals surface area (Å²) in [6.07, 6.45) is 0.137. The number of hydrogen-bond donors (Lipinski definition) is 1. The molecular weight excluding hydrogens is 281 g/mol. The zero-order valence-corrected chi connectivity index (χ0v) is 13.0. The highest BCUT2D eigenvalue weighted by Crippen LogP contribution is 2.33. The molecular formula is C15H27F3N2O. The lowest BCUT2D eigenvalue weighted by molar-refractivity contribution is -0.170. The van der Waals surface area contributed by atoms with E-state index < -0.39 is 12.7 Å². The van der Waals surface area contributed by atoms with Gasteiger partial charge in [-0.3, -0.25) is 4.79 Å². The third-order valence-electron chi connectivity index (χ3n) is 4.55. The van der Waals surface area contributed by atoms with Gasteiger partial charge in [0.1, 0.15) is 6.54 Å². The van der Waals surface area contributed by atoms with Gasteiger partial charge in [-0.25, -0.2) is 0 Å². The molecule has 0 aromatic rings. The van der Waals surface area contributed by atoms with Gasteiger partial charge in [-0.05, 0) is 38.1 Å². The van der Waals surface area contributed by atoms with Crippen molar-refractivity contribution < 1.29 is 18.0 Å². The molecule has 0 radical (unpaired) electrons. The van der Waals surface area contributed by atoms with Crippen LogP contribution in [0.5, 0.6) is 0 Å². The predicted octanol–water partition coefficient (Wildman–Crippen LogP) is 3.33. The Morgan fingerprint density at radius 2 is 1.81 bits per heavy atom. The van der Waals surface area contributed by atoms with E-state index in [0.29, 0.717) is 25.8 Å². The monoisotopic (exact) mass is 308 g/mol. The van der Waals surface area contributed by atoms with E-state index in [9.17, 15) is 18.0 Å². The average molecular weight is 308 g/mol. The number of carbonyl (C=O) groups excluding carboxylic acids is 1. The Morgan fingerprint density at radius 1 is 1.24 bits per heavy atom. The second-order valence-corrected chi connectivity index (χ2v) is 5.94. The smallest absolute Gasteiger partial charge is 0.330 e. The molecule has 2 atom stereocenters. The molecule has 0 aliphatic heterocycles. The highest BCUT2D eigenvalue weighted by atomic mass is 19.4. The van der Waals surface area contributed by atoms with Crippen LogP contribution in [0.3, 0.4) is 0 Å². The van der Waals surface area contributed by atoms with E-state index in [1.54, 1.807) is 0 Å². The largest absolute Gasteiger partial charge is 0.406 e. The molecule has 2 unspecified atom stereocenters. The molecule has 0 aromatic carbocycles. The fraction of sp³-hybridized carbons (Fsp3) is 0.933. The number of alkyl halides is 3. The number of hydrogen-bond acceptors (Lipinski definition) is 2. The standard InChI is InChI=1S/C15H27F3N2O/c1-3-12(4-2)20(10-15(16,17)18)14(21)13-8-6-5-7-11(13)9-19/h11-13H,3-10,19H2,1-2H3. The van der Waals surface area contributed by atoms with Crippen molar-refractivity contribution in [1.82, 2.24) is 4.90 Å². The van der Waals surface area contributed by atoms with Crippen LogP contribution in [0.2, 0.25) is 0 Å². The molecule has 21 heavy (non-hydrogen) atoms. The van der Waals surface area contributed by atoms with Crippen LogP contribution >= 0.6 is 0 Å². The first-order chi connectivity index (χ1) is 9.84. The van der Waals surface area contributed by atoms with Crippen LogP contribution in [0.15, 0.2) is 0 Å². The zero-order valence-electron chi connectivity index (χ0n) is 13.0. The van der Waals surface area contributed by atoms with Crippen LogP contribution in [-0.2, 0) is 4.79 Å². The summed E-state index contributed by atoms with van der Waals surface area (Å²) in [5, 5.41) is 0. The fourth-order valence-corrected chi connectivity index (χ4v) is 3.34. The normalized spacial score (nSPS) is 23.4. The zero-order chi connectivity index (χ0) is 16.0. The van der Waals surface area contributed by atoms with E-state index in [1.165, 1.54) is 0 Å². The van der Waals surface area contributed by atoms with Gasteiger partial charge < -0.3 is 10.6 Å². The number of carbonyl (C=O) groups is 1. The highest BCUT2D eigenvalue weighted by Gasteiger charge is 2.40. The second kappa shape index (κ2) is 8.01. The first-order valence-corrected chi connectivity index (χ1v) is 7.91. The summed E-state index contributed by atoms with van der Waals surface area (Å²) >= 11 is 0. The van der Waals surface area contributed by atoms with Gasteiger partial charge in [-0.15, -0.1) is 0 Å². The summed E-state index contributed by atoms with van der Waals surface area (Å²) in [4.78, 5) is 13.7. The van der Waals surface area contributed by atoms with Gasteiger partial charge in [-0.2, -0.15) is 13.2 Å². The summed E-state index contributed by atoms with van der Waals surface area (Å²) in [5.74, 6) is -0.667. The van der Waals surface area contributed by atoms with Crippen LogP contribution in [0.25, 0.3) is 0 Å². The van der Waals surface area contributed by atoms with Crippen LogP contribution in [-0.4, -0.2) is 36.1 Å². The van der Waals surface area contributed by atoms with Crippen molar-refractivity contribution in [2.45, 2.75) is 64.6 Å². The Kier molecular flexibility index (Phi) is 6.97. The first kappa shape index (κ1) is 18.3. The maximum absolute atomic E-state index is 12.8. The molecule has 3 nitrogen and oxygen atoms in total. The molecule has 1 rings (SSSR count). The van der Waals surface area contributed by atoms with Crippen LogP contribution < -0.4 is 5.73 Å². The number of rotatable bonds is 6. The molecule has 1 aliphatic rings. The molecule has 0 bridgehead atoms. The minimum absolute atomic E-state index is 0.0244. The molecule has 1 saturated carbocycles. The number of nitrogens with two attached hydrogens (primary N) is 1. The Morgan fingerprint density at radius 3 is 2.29 bits per heavy atom. The summed E-state index contributed by atoms with van der Waals surface area (Å²) in [7, 11) is 0. The van der Waals surface area contributed by atoms with E-state index >= 15 is 0 Å². The van der Waals surface area contributed by atoms with Crippen molar-refractivity contribution in [3.63, 3.8) is 0 Å². The quantitative estimate of drug-likeness (QED) is 0.818. The van der Waals surface area contributed by atoms with Gasteiger partial charge in [-0.1, -0.05) is 26.7 Å². The van der Waals surface area contributed by atoms with E-state index in [2.05, 4.69) is 0 Å². The Labute approximate surface area is 125 Å². The molecule has 0 saturated heterocycles. The van der Waals surface area contributed by atoms with Crippen molar-refractivity contribution in [3.8, 4) is 0 Å². The summed E-state index contributed by atoms with van der Waals surface area (Å²) in [6, 6.07) is -0.348. The molecule has 124 valence electrons. The summed E-state index contributed by atoms with van der Waals surface area (Å²) in [5.41, 5.74) is 5.71. The molecule has 0 spiro atoms. The van der Waals surface area contributed by atoms with Gasteiger partial charge >= 0.3 is 6.18 Å². The van der Waals surface area contributed by atoms with Gasteiger partial charge in [0.2, 0.25) is 5.91 Å². The van der Waals surface area contributed by atoms with Crippen molar-refractivity contribution >= 4 is 5.91 Å². The van der Waals surface area contributed by atoms with Gasteiger partial charge in [0.25, 0.3) is 0 Å². The molecule has 1 aliphatic carbocycles. The molecule has 0 aromatic heterocycles. The third-order valence-corrected chi connectivity index (χ3v) is 4.55. The molecule has 1 fully saturated rings. The number of amides is 1. The number of halogens is 3. The average Bonchev–Trinajstić information content (AvgIpc) is 2.45. The Hall–Kier alpha value is -0.780. The Bertz CT molecular complexity index is 329. The molecule has 0 heterocycles. The Balaban J connectivity index is 2.92. The first-order valence-electron chi connectivity index (χ1n) is 7.91. The van der Waals surface area contributed by atoms with E-state index in [0.717, 1.165) is 24.2 Å². The van der Waals surface area contributed by atoms with Gasteiger partial charge in [0.15, 0.2) is 0 Å². The van der Waals surface area contributed by atoms with Crippen molar-refractivity contribution in [2.75, 3.05) is 13.1 Å². The fourth-order valence-electron chi connectivity index (χ4n) is 3.34. The second-order valence-electron chi connectivity index (χ2n) is 5.94. The van der Waals surface area contributed by atoms with Gasteiger partial charge in [0, 0.05) is 12.0 Å². The minimum Gasteiger partial charge on any atom is -0.330 e. The summed E-state index contributed by atoms with van der Waals surface area (Å²) < 4.78 is 38.5. The minimum atomic E-state index is -4.36. The number of nitrogens with zero attached hydrogens (tertiary/aromatic N) is 1. The van der Waals surface area contributed by atoms with Crippen LogP contribution in [0, 0.1) is 11.8 Å². The SMILES string of the molecule is CCC(CC)N(CC(F)(F)F)C(=O)C1CCCCC1CN. The lowest BCUT2D eigenvalue weighted by Crippen LogP contribution is -2.50. The topological polar surface area (TPSA) is 46.3 Å². The maximum Gasteiger partial charge on any atom is 0.406 e. The van der Waals surface area contributed by atoms with Crippen LogP contribution in [0.4, 0.5) is 13.2 Å². The summed E-state index contributed by atoms with van der Waals surface area (Å²) in [6.45, 7) is 2.88. The van der Waals surface area contributed by atoms with Crippen molar-refractivity contribution in [1.29, 1.82) is 0 Å². The van der Waals surface area contributed by atoms with Gasteiger partial charge in [0.05, 0.1) is 0 Å². The lowest BCUT2D eigenvalue weighted by Gasteiger charge is -2.38.